The molecule has 2 aromatic carbocycles. The van der Waals surface area contributed by atoms with Crippen LogP contribution in [0, 0.1) is 12.7 Å². The summed E-state index contributed by atoms with van der Waals surface area (Å²) in [6, 6.07) is 10.3. The summed E-state index contributed by atoms with van der Waals surface area (Å²) in [4.78, 5) is 1.94. The fourth-order valence-electron chi connectivity index (χ4n) is 3.46. The van der Waals surface area contributed by atoms with Gasteiger partial charge in [0.1, 0.15) is 11.6 Å². The molecule has 0 saturated carbocycles. The first-order valence-electron chi connectivity index (χ1n) is 7.73. The van der Waals surface area contributed by atoms with Gasteiger partial charge in [-0.2, -0.15) is 0 Å². The second kappa shape index (κ2) is 5.33. The molecule has 3 nitrogen and oxygen atoms in total. The van der Waals surface area contributed by atoms with Crippen molar-refractivity contribution in [3.05, 3.63) is 58.4 Å². The largest absolute Gasteiger partial charge is 0.467 e. The van der Waals surface area contributed by atoms with Crippen LogP contribution in [-0.4, -0.2) is 10.8 Å². The van der Waals surface area contributed by atoms with Crippen LogP contribution in [0.4, 0.5) is 10.1 Å². The monoisotopic (exact) mass is 362 g/mol. The number of hydrogen-bond donors (Lipinski definition) is 1. The molecule has 0 aromatic heterocycles. The Morgan fingerprint density at radius 2 is 2.12 bits per heavy atom. The Morgan fingerprint density at radius 1 is 1.33 bits per heavy atom. The second-order valence-electron chi connectivity index (χ2n) is 6.43. The van der Waals surface area contributed by atoms with Gasteiger partial charge in [-0.3, -0.25) is 4.90 Å². The summed E-state index contributed by atoms with van der Waals surface area (Å²) in [5.41, 5.74) is 2.02. The number of benzene rings is 2. The van der Waals surface area contributed by atoms with Crippen molar-refractivity contribution in [3.8, 4) is 5.75 Å². The van der Waals surface area contributed by atoms with Crippen molar-refractivity contribution in [1.82, 2.24) is 5.32 Å². The number of halogens is 2. The first-order chi connectivity index (χ1) is 11.4. The van der Waals surface area contributed by atoms with Gasteiger partial charge in [-0.25, -0.2) is 4.39 Å². The van der Waals surface area contributed by atoms with E-state index in [0.717, 1.165) is 16.8 Å². The lowest BCUT2D eigenvalue weighted by Gasteiger charge is -2.52. The number of nitrogens with one attached hydrogen (secondary N) is 1. The number of rotatable bonds is 1. The number of thiocarbonyl (C=S) groups is 1. The Bertz CT molecular complexity index is 859. The SMILES string of the molecule is Cc1ccc(N2C(=S)N[C@H]3C[C@@]2(C)Oc2ccc(F)cc23)cc1Cl. The summed E-state index contributed by atoms with van der Waals surface area (Å²) < 4.78 is 19.8. The molecule has 1 fully saturated rings. The molecule has 2 aliphatic heterocycles. The van der Waals surface area contributed by atoms with Gasteiger partial charge in [0.05, 0.1) is 6.04 Å². The van der Waals surface area contributed by atoms with Gasteiger partial charge in [0.2, 0.25) is 0 Å². The molecule has 4 rings (SSSR count). The van der Waals surface area contributed by atoms with E-state index in [-0.39, 0.29) is 11.9 Å². The molecule has 2 bridgehead atoms. The first kappa shape index (κ1) is 15.7. The highest BCUT2D eigenvalue weighted by atomic mass is 35.5. The number of aryl methyl sites for hydroxylation is 1. The molecule has 2 aromatic rings. The lowest BCUT2D eigenvalue weighted by Crippen LogP contribution is -2.65. The highest BCUT2D eigenvalue weighted by Gasteiger charge is 2.48. The number of anilines is 1. The Balaban J connectivity index is 1.80. The minimum Gasteiger partial charge on any atom is -0.467 e. The minimum absolute atomic E-state index is 0.0703. The van der Waals surface area contributed by atoms with Crippen molar-refractivity contribution in [2.24, 2.45) is 0 Å². The van der Waals surface area contributed by atoms with Crippen LogP contribution in [0.2, 0.25) is 5.02 Å². The van der Waals surface area contributed by atoms with Crippen molar-refractivity contribution < 1.29 is 9.13 Å². The van der Waals surface area contributed by atoms with Gasteiger partial charge in [-0.1, -0.05) is 17.7 Å². The molecule has 124 valence electrons. The molecular weight excluding hydrogens is 347 g/mol. The fourth-order valence-corrected chi connectivity index (χ4v) is 4.07. The lowest BCUT2D eigenvalue weighted by atomic mass is 9.90. The zero-order chi connectivity index (χ0) is 17.1. The Labute approximate surface area is 150 Å². The van der Waals surface area contributed by atoms with E-state index in [1.165, 1.54) is 12.1 Å². The molecule has 24 heavy (non-hydrogen) atoms. The van der Waals surface area contributed by atoms with Gasteiger partial charge in [0, 0.05) is 22.7 Å². The molecule has 6 heteroatoms. The van der Waals surface area contributed by atoms with Crippen LogP contribution in [0.15, 0.2) is 36.4 Å². The smallest absolute Gasteiger partial charge is 0.188 e. The lowest BCUT2D eigenvalue weighted by molar-refractivity contribution is 0.0495. The van der Waals surface area contributed by atoms with E-state index in [4.69, 9.17) is 28.6 Å². The molecular formula is C18H16ClFN2OS. The number of fused-ring (bicyclic) bond motifs is 4. The first-order valence-corrected chi connectivity index (χ1v) is 8.51. The van der Waals surface area contributed by atoms with Crippen LogP contribution >= 0.6 is 23.8 Å². The maximum absolute atomic E-state index is 13.6. The second-order valence-corrected chi connectivity index (χ2v) is 7.23. The molecule has 0 amide bonds. The van der Waals surface area contributed by atoms with Crippen molar-refractivity contribution in [3.63, 3.8) is 0 Å². The minimum atomic E-state index is -0.656. The van der Waals surface area contributed by atoms with E-state index in [9.17, 15) is 4.39 Å². The molecule has 0 aliphatic carbocycles. The summed E-state index contributed by atoms with van der Waals surface area (Å²) in [5, 5.41) is 4.53. The molecule has 0 radical (unpaired) electrons. The average Bonchev–Trinajstić information content (AvgIpc) is 2.51. The molecule has 2 aliphatic rings. The van der Waals surface area contributed by atoms with Crippen LogP contribution < -0.4 is 15.0 Å². The van der Waals surface area contributed by atoms with Gasteiger partial charge in [0.25, 0.3) is 0 Å². The van der Waals surface area contributed by atoms with Crippen LogP contribution in [0.1, 0.15) is 30.5 Å². The highest BCUT2D eigenvalue weighted by molar-refractivity contribution is 7.80. The Morgan fingerprint density at radius 3 is 2.88 bits per heavy atom. The zero-order valence-corrected chi connectivity index (χ0v) is 14.8. The fraction of sp³-hybridized carbons (Fsp3) is 0.278. The summed E-state index contributed by atoms with van der Waals surface area (Å²) in [6.45, 7) is 3.95. The highest BCUT2D eigenvalue weighted by Crippen LogP contribution is 2.46. The third kappa shape index (κ3) is 2.34. The number of ether oxygens (including phenoxy) is 1. The molecule has 0 unspecified atom stereocenters. The van der Waals surface area contributed by atoms with Crippen molar-refractivity contribution in [2.75, 3.05) is 4.90 Å². The molecule has 1 N–H and O–H groups in total. The van der Waals surface area contributed by atoms with Gasteiger partial charge in [0.15, 0.2) is 10.8 Å². The van der Waals surface area contributed by atoms with Crippen molar-refractivity contribution in [1.29, 1.82) is 0 Å². The quantitative estimate of drug-likeness (QED) is 0.742. The van der Waals surface area contributed by atoms with Gasteiger partial charge >= 0.3 is 0 Å². The van der Waals surface area contributed by atoms with E-state index < -0.39 is 5.72 Å². The summed E-state index contributed by atoms with van der Waals surface area (Å²) in [7, 11) is 0. The summed E-state index contributed by atoms with van der Waals surface area (Å²) >= 11 is 11.9. The molecule has 0 spiro atoms. The Kier molecular flexibility index (Phi) is 3.48. The van der Waals surface area contributed by atoms with Crippen LogP contribution in [0.5, 0.6) is 5.75 Å². The normalized spacial score (nSPS) is 24.9. The maximum Gasteiger partial charge on any atom is 0.188 e. The van der Waals surface area contributed by atoms with Gasteiger partial charge in [-0.05, 0) is 62.0 Å². The van der Waals surface area contributed by atoms with Crippen molar-refractivity contribution >= 4 is 34.6 Å². The van der Waals surface area contributed by atoms with Crippen LogP contribution in [0.3, 0.4) is 0 Å². The topological polar surface area (TPSA) is 24.5 Å². The molecule has 1 saturated heterocycles. The van der Waals surface area contributed by atoms with E-state index >= 15 is 0 Å². The van der Waals surface area contributed by atoms with Gasteiger partial charge < -0.3 is 10.1 Å². The molecule has 2 atom stereocenters. The van der Waals surface area contributed by atoms with E-state index in [1.807, 2.05) is 36.9 Å². The standard InChI is InChI=1S/C18H16ClFN2OS/c1-10-3-5-12(8-14(10)19)22-17(24)21-15-9-18(22,2)23-16-6-4-11(20)7-13(15)16/h3-8,15H,9H2,1-2H3,(H,21,24)/t15-,18+/m0/s1. The summed E-state index contributed by atoms with van der Waals surface area (Å²) in [6.07, 6.45) is 0.648. The third-order valence-corrected chi connectivity index (χ3v) is 5.35. The predicted octanol–water partition coefficient (Wildman–Crippen LogP) is 4.72. The Hall–Kier alpha value is -1.85. The van der Waals surface area contributed by atoms with E-state index in [0.29, 0.717) is 22.3 Å². The summed E-state index contributed by atoms with van der Waals surface area (Å²) in [5.74, 6) is 0.398. The predicted molar refractivity (Wildman–Crippen MR) is 97.2 cm³/mol. The number of nitrogens with zero attached hydrogens (tertiary/aromatic N) is 1. The van der Waals surface area contributed by atoms with E-state index in [1.54, 1.807) is 6.07 Å². The van der Waals surface area contributed by atoms with Crippen LogP contribution in [-0.2, 0) is 0 Å². The maximum atomic E-state index is 13.6. The molecule has 2 heterocycles. The van der Waals surface area contributed by atoms with Crippen molar-refractivity contribution in [2.45, 2.75) is 32.0 Å². The zero-order valence-electron chi connectivity index (χ0n) is 13.3. The third-order valence-electron chi connectivity index (χ3n) is 4.65. The van der Waals surface area contributed by atoms with Gasteiger partial charge in [-0.15, -0.1) is 0 Å². The van der Waals surface area contributed by atoms with E-state index in [2.05, 4.69) is 5.32 Å². The average molecular weight is 363 g/mol. The number of hydrogen-bond acceptors (Lipinski definition) is 2. The van der Waals surface area contributed by atoms with Crippen LogP contribution in [0.25, 0.3) is 0 Å².